The Labute approximate surface area is 104 Å². The van der Waals surface area contributed by atoms with Gasteiger partial charge < -0.3 is 0 Å². The van der Waals surface area contributed by atoms with Crippen molar-refractivity contribution < 1.29 is 9.85 Å². The van der Waals surface area contributed by atoms with Crippen LogP contribution in [-0.2, 0) is 0 Å². The summed E-state index contributed by atoms with van der Waals surface area (Å²) in [6.45, 7) is 0. The topological polar surface area (TPSA) is 148 Å². The van der Waals surface area contributed by atoms with E-state index in [1.165, 1.54) is 18.3 Å². The summed E-state index contributed by atoms with van der Waals surface area (Å²) in [6.07, 6.45) is 1.30. The summed E-state index contributed by atoms with van der Waals surface area (Å²) in [5.41, 5.74) is 6.89. The van der Waals surface area contributed by atoms with Crippen LogP contribution in [0.1, 0.15) is 0 Å². The zero-order valence-corrected chi connectivity index (χ0v) is 9.13. The average molecular weight is 260 g/mol. The first kappa shape index (κ1) is 12.2. The van der Waals surface area contributed by atoms with Crippen LogP contribution in [0, 0.1) is 20.2 Å². The van der Waals surface area contributed by atoms with Crippen LogP contribution in [0.2, 0.25) is 0 Å². The normalized spacial score (nSPS) is 9.89. The number of hydrogen-bond acceptors (Lipinski definition) is 6. The molecule has 0 N–H and O–H groups in total. The highest BCUT2D eigenvalue weighted by molar-refractivity contribution is 5.99. The van der Waals surface area contributed by atoms with Gasteiger partial charge in [-0.25, -0.2) is 0 Å². The van der Waals surface area contributed by atoms with E-state index in [-0.39, 0.29) is 16.6 Å². The molecule has 0 saturated heterocycles. The van der Waals surface area contributed by atoms with Gasteiger partial charge in [0.2, 0.25) is 0 Å². The Bertz CT molecular complexity index is 752. The fraction of sp³-hybridized carbons (Fsp3) is 0. The van der Waals surface area contributed by atoms with Crippen molar-refractivity contribution in [2.24, 2.45) is 5.11 Å². The molecule has 1 aromatic carbocycles. The molecule has 2 rings (SSSR count). The van der Waals surface area contributed by atoms with E-state index >= 15 is 0 Å². The molecule has 0 saturated carbocycles. The third-order valence-corrected chi connectivity index (χ3v) is 2.36. The van der Waals surface area contributed by atoms with E-state index in [4.69, 9.17) is 5.53 Å². The maximum absolute atomic E-state index is 10.9. The van der Waals surface area contributed by atoms with Gasteiger partial charge in [-0.3, -0.25) is 25.2 Å². The monoisotopic (exact) mass is 260 g/mol. The second-order valence-corrected chi connectivity index (χ2v) is 3.37. The molecule has 0 aliphatic heterocycles. The Kier molecular flexibility index (Phi) is 2.92. The third kappa shape index (κ3) is 1.98. The molecule has 0 radical (unpaired) electrons. The number of nitrogens with zero attached hydrogens (tertiary/aromatic N) is 6. The summed E-state index contributed by atoms with van der Waals surface area (Å²) in [7, 11) is 0. The second-order valence-electron chi connectivity index (χ2n) is 3.37. The summed E-state index contributed by atoms with van der Waals surface area (Å²) in [6, 6.07) is 3.58. The van der Waals surface area contributed by atoms with Gasteiger partial charge in [-0.2, -0.15) is 0 Å². The molecule has 0 aliphatic carbocycles. The molecule has 2 aromatic rings. The van der Waals surface area contributed by atoms with Crippen molar-refractivity contribution in [3.8, 4) is 0 Å². The molecule has 1 aromatic heterocycles. The lowest BCUT2D eigenvalue weighted by molar-refractivity contribution is -0.392. The average Bonchev–Trinajstić information content (AvgIpc) is 2.38. The summed E-state index contributed by atoms with van der Waals surface area (Å²) in [5, 5.41) is 25.1. The van der Waals surface area contributed by atoms with E-state index in [2.05, 4.69) is 15.0 Å². The van der Waals surface area contributed by atoms with E-state index in [1.807, 2.05) is 0 Å². The molecule has 19 heavy (non-hydrogen) atoms. The van der Waals surface area contributed by atoms with E-state index in [0.29, 0.717) is 0 Å². The smallest absolute Gasteiger partial charge is 0.258 e. The Hall–Kier alpha value is -3.26. The van der Waals surface area contributed by atoms with Crippen molar-refractivity contribution in [1.82, 2.24) is 4.98 Å². The van der Waals surface area contributed by atoms with Gasteiger partial charge in [-0.15, -0.1) is 0 Å². The van der Waals surface area contributed by atoms with Crippen molar-refractivity contribution in [3.05, 3.63) is 55.1 Å². The van der Waals surface area contributed by atoms with Gasteiger partial charge in [0.25, 0.3) is 11.4 Å². The minimum absolute atomic E-state index is 0.0699. The van der Waals surface area contributed by atoms with Gasteiger partial charge in [-0.05, 0) is 17.7 Å². The lowest BCUT2D eigenvalue weighted by Crippen LogP contribution is -1.96. The van der Waals surface area contributed by atoms with Crippen molar-refractivity contribution in [2.75, 3.05) is 0 Å². The number of hydrogen-bond donors (Lipinski definition) is 0. The van der Waals surface area contributed by atoms with E-state index in [1.54, 1.807) is 0 Å². The second kappa shape index (κ2) is 4.55. The molecule has 0 unspecified atom stereocenters. The van der Waals surface area contributed by atoms with Crippen molar-refractivity contribution >= 4 is 28.0 Å². The molecule has 0 aliphatic rings. The molecule has 0 fully saturated rings. The molecular formula is C9H4N6O4. The first-order valence-electron chi connectivity index (χ1n) is 4.82. The van der Waals surface area contributed by atoms with Crippen LogP contribution in [-0.4, -0.2) is 14.8 Å². The third-order valence-electron chi connectivity index (χ3n) is 2.36. The fourth-order valence-electron chi connectivity index (χ4n) is 1.63. The summed E-state index contributed by atoms with van der Waals surface area (Å²) in [4.78, 5) is 26.5. The minimum atomic E-state index is -0.856. The van der Waals surface area contributed by atoms with Crippen molar-refractivity contribution in [1.29, 1.82) is 0 Å². The quantitative estimate of drug-likeness (QED) is 0.273. The highest BCUT2D eigenvalue weighted by Crippen LogP contribution is 2.39. The lowest BCUT2D eigenvalue weighted by Gasteiger charge is -2.02. The number of aromatic nitrogens is 1. The SMILES string of the molecule is [N-]=[N+]=Nc1c([N+](=O)[O-])cc([N+](=O)[O-])c2cccnc12. The number of pyridine rings is 1. The Morgan fingerprint density at radius 1 is 1.26 bits per heavy atom. The van der Waals surface area contributed by atoms with Gasteiger partial charge in [0.15, 0.2) is 0 Å². The fourth-order valence-corrected chi connectivity index (χ4v) is 1.63. The van der Waals surface area contributed by atoms with Gasteiger partial charge >= 0.3 is 0 Å². The van der Waals surface area contributed by atoms with Crippen LogP contribution in [0.3, 0.4) is 0 Å². The summed E-state index contributed by atoms with van der Waals surface area (Å²) < 4.78 is 0. The number of fused-ring (bicyclic) bond motifs is 1. The molecule has 0 bridgehead atoms. The number of azide groups is 1. The van der Waals surface area contributed by atoms with Gasteiger partial charge in [-0.1, -0.05) is 5.11 Å². The van der Waals surface area contributed by atoms with Crippen LogP contribution in [0.25, 0.3) is 21.3 Å². The van der Waals surface area contributed by atoms with Crippen LogP contribution in [0.15, 0.2) is 29.5 Å². The number of nitro groups is 2. The van der Waals surface area contributed by atoms with E-state index in [9.17, 15) is 20.2 Å². The van der Waals surface area contributed by atoms with Crippen LogP contribution in [0.4, 0.5) is 17.1 Å². The summed E-state index contributed by atoms with van der Waals surface area (Å²) in [5.74, 6) is 0. The molecule has 0 atom stereocenters. The van der Waals surface area contributed by atoms with Crippen LogP contribution < -0.4 is 0 Å². The lowest BCUT2D eigenvalue weighted by atomic mass is 10.1. The van der Waals surface area contributed by atoms with E-state index < -0.39 is 21.2 Å². The first-order valence-corrected chi connectivity index (χ1v) is 4.82. The van der Waals surface area contributed by atoms with Crippen LogP contribution in [0.5, 0.6) is 0 Å². The molecule has 10 heteroatoms. The van der Waals surface area contributed by atoms with Gasteiger partial charge in [0.05, 0.1) is 26.8 Å². The maximum Gasteiger partial charge on any atom is 0.288 e. The predicted octanol–water partition coefficient (Wildman–Crippen LogP) is 2.99. The number of benzene rings is 1. The standard InChI is InChI=1S/C9H4N6O4/c10-13-12-9-7(15(18)19)4-6(14(16)17)5-2-1-3-11-8(5)9/h1-4H. The number of non-ortho nitro benzene ring substituents is 1. The Morgan fingerprint density at radius 3 is 2.53 bits per heavy atom. The van der Waals surface area contributed by atoms with Gasteiger partial charge in [0, 0.05) is 11.1 Å². The van der Waals surface area contributed by atoms with Crippen molar-refractivity contribution in [2.45, 2.75) is 0 Å². The molecule has 1 heterocycles. The first-order chi connectivity index (χ1) is 9.06. The van der Waals surface area contributed by atoms with Crippen LogP contribution >= 0.6 is 0 Å². The maximum atomic E-state index is 10.9. The highest BCUT2D eigenvalue weighted by atomic mass is 16.6. The number of rotatable bonds is 3. The Balaban J connectivity index is 3.02. The van der Waals surface area contributed by atoms with E-state index in [0.717, 1.165) is 6.07 Å². The molecule has 0 amide bonds. The zero-order chi connectivity index (χ0) is 14.0. The highest BCUT2D eigenvalue weighted by Gasteiger charge is 2.25. The van der Waals surface area contributed by atoms with Crippen molar-refractivity contribution in [3.63, 3.8) is 0 Å². The number of nitro benzene ring substituents is 2. The largest absolute Gasteiger partial charge is 0.288 e. The molecule has 94 valence electrons. The minimum Gasteiger partial charge on any atom is -0.258 e. The predicted molar refractivity (Wildman–Crippen MR) is 63.9 cm³/mol. The van der Waals surface area contributed by atoms with Gasteiger partial charge in [0.1, 0.15) is 5.69 Å². The molecule has 10 nitrogen and oxygen atoms in total. The Morgan fingerprint density at radius 2 is 1.95 bits per heavy atom. The molecule has 0 spiro atoms. The molecular weight excluding hydrogens is 256 g/mol. The summed E-state index contributed by atoms with van der Waals surface area (Å²) >= 11 is 0. The zero-order valence-electron chi connectivity index (χ0n) is 9.13.